The molecule has 1 saturated heterocycles. The Kier molecular flexibility index (Phi) is 7.01. The number of benzene rings is 3. The molecule has 1 heterocycles. The zero-order valence-electron chi connectivity index (χ0n) is 17.8. The summed E-state index contributed by atoms with van der Waals surface area (Å²) in [4.78, 5) is 2.56. The van der Waals surface area contributed by atoms with Crippen molar-refractivity contribution in [3.8, 4) is 0 Å². The maximum absolute atomic E-state index is 13.5. The lowest BCUT2D eigenvalue weighted by Crippen LogP contribution is -2.38. The molecule has 0 N–H and O–H groups in total. The van der Waals surface area contributed by atoms with Crippen molar-refractivity contribution in [2.24, 2.45) is 5.92 Å². The number of hydrogen-bond donors (Lipinski definition) is 0. The van der Waals surface area contributed by atoms with E-state index in [-0.39, 0.29) is 23.3 Å². The summed E-state index contributed by atoms with van der Waals surface area (Å²) < 4.78 is 52.2. The Balaban J connectivity index is 1.43. The molecule has 3 aromatic carbocycles. The molecule has 0 spiro atoms. The normalized spacial score (nSPS) is 15.8. The van der Waals surface area contributed by atoms with E-state index in [1.807, 2.05) is 30.3 Å². The predicted octanol–water partition coefficient (Wildman–Crippen LogP) is 5.28. The van der Waals surface area contributed by atoms with Gasteiger partial charge in [-0.15, -0.1) is 0 Å². The molecule has 0 bridgehead atoms. The first-order valence-electron chi connectivity index (χ1n) is 10.9. The van der Waals surface area contributed by atoms with Crippen LogP contribution in [0.4, 0.5) is 8.78 Å². The molecule has 0 aromatic heterocycles. The highest BCUT2D eigenvalue weighted by molar-refractivity contribution is 7.91. The second kappa shape index (κ2) is 9.92. The number of likely N-dealkylation sites (tertiary alicyclic amines) is 1. The molecule has 1 fully saturated rings. The molecule has 0 saturated carbocycles. The fourth-order valence-electron chi connectivity index (χ4n) is 4.58. The van der Waals surface area contributed by atoms with Gasteiger partial charge in [-0.1, -0.05) is 42.5 Å². The molecular formula is C26H27F2NO2S. The summed E-state index contributed by atoms with van der Waals surface area (Å²) in [7, 11) is -3.30. The van der Waals surface area contributed by atoms with Gasteiger partial charge in [-0.2, -0.15) is 0 Å². The molecule has 32 heavy (non-hydrogen) atoms. The number of hydrogen-bond acceptors (Lipinski definition) is 3. The first-order valence-corrected chi connectivity index (χ1v) is 12.6. The van der Waals surface area contributed by atoms with E-state index < -0.39 is 9.84 Å². The molecule has 0 atom stereocenters. The van der Waals surface area contributed by atoms with Crippen LogP contribution < -0.4 is 0 Å². The average molecular weight is 456 g/mol. The van der Waals surface area contributed by atoms with Gasteiger partial charge in [0.1, 0.15) is 11.6 Å². The summed E-state index contributed by atoms with van der Waals surface area (Å²) in [5, 5.41) is 0. The summed E-state index contributed by atoms with van der Waals surface area (Å²) in [6.45, 7) is 2.10. The lowest BCUT2D eigenvalue weighted by Gasteiger charge is -2.36. The van der Waals surface area contributed by atoms with Crippen LogP contribution in [0.1, 0.15) is 29.9 Å². The summed E-state index contributed by atoms with van der Waals surface area (Å²) >= 11 is 0. The fraction of sp³-hybridized carbons (Fsp3) is 0.308. The zero-order valence-corrected chi connectivity index (χ0v) is 18.6. The maximum atomic E-state index is 13.5. The Morgan fingerprint density at radius 3 is 1.78 bits per heavy atom. The number of piperidine rings is 1. The van der Waals surface area contributed by atoms with E-state index in [2.05, 4.69) is 4.90 Å². The van der Waals surface area contributed by atoms with Crippen molar-refractivity contribution in [2.45, 2.75) is 23.7 Å². The number of halogens is 2. The number of nitrogens with zero attached hydrogens (tertiary/aromatic N) is 1. The monoisotopic (exact) mass is 455 g/mol. The average Bonchev–Trinajstić information content (AvgIpc) is 2.82. The highest BCUT2D eigenvalue weighted by atomic mass is 32.2. The Labute approximate surface area is 188 Å². The summed E-state index contributed by atoms with van der Waals surface area (Å²) in [5.41, 5.74) is 2.03. The van der Waals surface area contributed by atoms with E-state index in [0.717, 1.165) is 37.1 Å². The smallest absolute Gasteiger partial charge is 0.179 e. The van der Waals surface area contributed by atoms with Gasteiger partial charge >= 0.3 is 0 Å². The Bertz CT molecular complexity index is 1060. The second-order valence-electron chi connectivity index (χ2n) is 8.39. The first kappa shape index (κ1) is 22.6. The lowest BCUT2D eigenvalue weighted by molar-refractivity contribution is 0.183. The zero-order chi connectivity index (χ0) is 22.6. The van der Waals surface area contributed by atoms with Crippen LogP contribution in [-0.2, 0) is 9.84 Å². The summed E-state index contributed by atoms with van der Waals surface area (Å²) in [5.74, 6) is -0.0949. The van der Waals surface area contributed by atoms with Gasteiger partial charge in [0.15, 0.2) is 9.84 Å². The van der Waals surface area contributed by atoms with Crippen LogP contribution >= 0.6 is 0 Å². The quantitative estimate of drug-likeness (QED) is 0.486. The van der Waals surface area contributed by atoms with Crippen LogP contribution in [0.5, 0.6) is 0 Å². The largest absolute Gasteiger partial charge is 0.302 e. The van der Waals surface area contributed by atoms with E-state index in [1.54, 1.807) is 24.3 Å². The minimum absolute atomic E-state index is 0.0476. The summed E-state index contributed by atoms with van der Waals surface area (Å²) in [6, 6.07) is 21.7. The van der Waals surface area contributed by atoms with E-state index in [0.29, 0.717) is 17.4 Å². The minimum atomic E-state index is -3.30. The summed E-state index contributed by atoms with van der Waals surface area (Å²) in [6.07, 6.45) is 1.79. The molecule has 0 unspecified atom stereocenters. The van der Waals surface area contributed by atoms with E-state index in [9.17, 15) is 17.2 Å². The van der Waals surface area contributed by atoms with Gasteiger partial charge in [0, 0.05) is 12.5 Å². The molecule has 0 aliphatic carbocycles. The van der Waals surface area contributed by atoms with Crippen molar-refractivity contribution in [2.75, 3.05) is 25.4 Å². The van der Waals surface area contributed by atoms with Crippen molar-refractivity contribution in [1.82, 2.24) is 4.90 Å². The van der Waals surface area contributed by atoms with Crippen molar-refractivity contribution in [1.29, 1.82) is 0 Å². The fourth-order valence-corrected chi connectivity index (χ4v) is 5.89. The second-order valence-corrected chi connectivity index (χ2v) is 10.5. The Hall–Kier alpha value is -2.57. The van der Waals surface area contributed by atoms with Crippen molar-refractivity contribution < 1.29 is 17.2 Å². The molecule has 0 radical (unpaired) electrons. The third kappa shape index (κ3) is 5.43. The van der Waals surface area contributed by atoms with Gasteiger partial charge in [-0.25, -0.2) is 17.2 Å². The molecule has 6 heteroatoms. The van der Waals surface area contributed by atoms with E-state index >= 15 is 0 Å². The van der Waals surface area contributed by atoms with Crippen molar-refractivity contribution in [3.05, 3.63) is 102 Å². The third-order valence-corrected chi connectivity index (χ3v) is 8.05. The SMILES string of the molecule is O=S(=O)(CCN1CCC(C(c2ccc(F)cc2)c2ccc(F)cc2)CC1)c1ccccc1. The topological polar surface area (TPSA) is 37.4 Å². The van der Waals surface area contributed by atoms with Crippen LogP contribution in [0.15, 0.2) is 83.8 Å². The molecule has 1 aliphatic heterocycles. The standard InChI is InChI=1S/C26H27F2NO2S/c27-23-10-6-20(7-11-23)26(21-8-12-24(28)13-9-21)22-14-16-29(17-15-22)18-19-32(30,31)25-4-2-1-3-5-25/h1-13,22,26H,14-19H2. The Morgan fingerprint density at radius 2 is 1.28 bits per heavy atom. The van der Waals surface area contributed by atoms with Gasteiger partial charge in [0.25, 0.3) is 0 Å². The van der Waals surface area contributed by atoms with Crippen molar-refractivity contribution >= 4 is 9.84 Å². The molecule has 3 aromatic rings. The van der Waals surface area contributed by atoms with E-state index in [1.165, 1.54) is 24.3 Å². The highest BCUT2D eigenvalue weighted by Gasteiger charge is 2.29. The van der Waals surface area contributed by atoms with Crippen LogP contribution in [0.3, 0.4) is 0 Å². The minimum Gasteiger partial charge on any atom is -0.302 e. The highest BCUT2D eigenvalue weighted by Crippen LogP contribution is 2.38. The lowest BCUT2D eigenvalue weighted by atomic mass is 9.76. The van der Waals surface area contributed by atoms with Gasteiger partial charge in [0.2, 0.25) is 0 Å². The molecule has 1 aliphatic rings. The Morgan fingerprint density at radius 1 is 0.781 bits per heavy atom. The molecular weight excluding hydrogens is 428 g/mol. The van der Waals surface area contributed by atoms with Gasteiger partial charge < -0.3 is 4.90 Å². The third-order valence-electron chi connectivity index (χ3n) is 6.34. The number of sulfone groups is 1. The first-order chi connectivity index (χ1) is 15.4. The maximum Gasteiger partial charge on any atom is 0.179 e. The molecule has 3 nitrogen and oxygen atoms in total. The van der Waals surface area contributed by atoms with Gasteiger partial charge in [-0.05, 0) is 79.4 Å². The number of rotatable bonds is 7. The predicted molar refractivity (Wildman–Crippen MR) is 122 cm³/mol. The molecule has 168 valence electrons. The molecule has 4 rings (SSSR count). The van der Waals surface area contributed by atoms with Crippen LogP contribution in [-0.4, -0.2) is 38.7 Å². The van der Waals surface area contributed by atoms with Gasteiger partial charge in [0.05, 0.1) is 10.6 Å². The van der Waals surface area contributed by atoms with Crippen molar-refractivity contribution in [3.63, 3.8) is 0 Å². The molecule has 0 amide bonds. The van der Waals surface area contributed by atoms with Gasteiger partial charge in [-0.3, -0.25) is 0 Å². The van der Waals surface area contributed by atoms with Crippen LogP contribution in [0.25, 0.3) is 0 Å². The van der Waals surface area contributed by atoms with Crippen LogP contribution in [0.2, 0.25) is 0 Å². The van der Waals surface area contributed by atoms with Crippen LogP contribution in [0, 0.1) is 17.6 Å². The van der Waals surface area contributed by atoms with E-state index in [4.69, 9.17) is 0 Å².